The van der Waals surface area contributed by atoms with Crippen LogP contribution in [0.3, 0.4) is 0 Å². The van der Waals surface area contributed by atoms with Gasteiger partial charge in [0.05, 0.1) is 19.1 Å². The van der Waals surface area contributed by atoms with Crippen molar-refractivity contribution in [2.75, 3.05) is 7.11 Å². The molecule has 7 heteroatoms. The van der Waals surface area contributed by atoms with Crippen LogP contribution in [-0.4, -0.2) is 23.9 Å². The van der Waals surface area contributed by atoms with E-state index in [9.17, 15) is 9.59 Å². The molecule has 3 rings (SSSR count). The maximum absolute atomic E-state index is 12.7. The molecule has 0 atom stereocenters. The van der Waals surface area contributed by atoms with Gasteiger partial charge < -0.3 is 4.74 Å². The van der Waals surface area contributed by atoms with Crippen molar-refractivity contribution in [2.45, 2.75) is 30.2 Å². The minimum absolute atomic E-state index is 0.140. The van der Waals surface area contributed by atoms with Crippen LogP contribution in [0, 0.1) is 13.8 Å². The zero-order valence-corrected chi connectivity index (χ0v) is 17.9. The van der Waals surface area contributed by atoms with Gasteiger partial charge in [0.15, 0.2) is 0 Å². The number of methoxy groups -OCH3 is 1. The van der Waals surface area contributed by atoms with Crippen LogP contribution in [0.2, 0.25) is 0 Å². The highest BCUT2D eigenvalue weighted by Crippen LogP contribution is 2.31. The third-order valence-electron chi connectivity index (χ3n) is 4.41. The number of aryl methyl sites for hydroxylation is 2. The molecule has 0 bridgehead atoms. The highest BCUT2D eigenvalue weighted by molar-refractivity contribution is 7.99. The van der Waals surface area contributed by atoms with Gasteiger partial charge in [-0.1, -0.05) is 36.0 Å². The zero-order valence-electron chi connectivity index (χ0n) is 17.1. The van der Waals surface area contributed by atoms with E-state index in [2.05, 4.69) is 21.9 Å². The van der Waals surface area contributed by atoms with E-state index in [0.717, 1.165) is 27.3 Å². The summed E-state index contributed by atoms with van der Waals surface area (Å²) in [5.41, 5.74) is 8.39. The number of carbonyl (C=O) groups excluding carboxylic acids is 2. The van der Waals surface area contributed by atoms with Gasteiger partial charge in [0.1, 0.15) is 10.8 Å². The second kappa shape index (κ2) is 9.93. The first-order valence-corrected chi connectivity index (χ1v) is 10.2. The lowest BCUT2D eigenvalue weighted by atomic mass is 10.1. The minimum Gasteiger partial charge on any atom is -0.497 e. The summed E-state index contributed by atoms with van der Waals surface area (Å²) in [6.45, 7) is 4.04. The van der Waals surface area contributed by atoms with Gasteiger partial charge in [0, 0.05) is 11.1 Å². The first kappa shape index (κ1) is 21.4. The SMILES string of the molecule is COc1ccc(CC(=O)NNC(=O)c2cccnc2Sc2cc(C)ccc2C)cc1. The summed E-state index contributed by atoms with van der Waals surface area (Å²) in [7, 11) is 1.59. The lowest BCUT2D eigenvalue weighted by molar-refractivity contribution is -0.121. The molecule has 154 valence electrons. The van der Waals surface area contributed by atoms with E-state index in [1.165, 1.54) is 11.8 Å². The molecule has 1 heterocycles. The molecule has 30 heavy (non-hydrogen) atoms. The summed E-state index contributed by atoms with van der Waals surface area (Å²) in [5.74, 6) is -0.0157. The number of ether oxygens (including phenoxy) is 1. The van der Waals surface area contributed by atoms with Crippen LogP contribution in [0.15, 0.2) is 70.7 Å². The van der Waals surface area contributed by atoms with E-state index in [4.69, 9.17) is 4.74 Å². The van der Waals surface area contributed by atoms with Crippen LogP contribution < -0.4 is 15.6 Å². The topological polar surface area (TPSA) is 80.3 Å². The molecular weight excluding hydrogens is 398 g/mol. The summed E-state index contributed by atoms with van der Waals surface area (Å²) in [4.78, 5) is 30.2. The Bertz CT molecular complexity index is 1050. The van der Waals surface area contributed by atoms with Gasteiger partial charge in [-0.3, -0.25) is 20.4 Å². The Labute approximate surface area is 180 Å². The Morgan fingerprint density at radius 3 is 2.53 bits per heavy atom. The van der Waals surface area contributed by atoms with Crippen molar-refractivity contribution in [1.29, 1.82) is 0 Å². The third kappa shape index (κ3) is 5.61. The average Bonchev–Trinajstić information content (AvgIpc) is 2.75. The fraction of sp³-hybridized carbons (Fsp3) is 0.174. The van der Waals surface area contributed by atoms with Crippen LogP contribution in [0.25, 0.3) is 0 Å². The van der Waals surface area contributed by atoms with Gasteiger partial charge in [-0.25, -0.2) is 4.98 Å². The van der Waals surface area contributed by atoms with E-state index < -0.39 is 5.91 Å². The smallest absolute Gasteiger partial charge is 0.272 e. The highest BCUT2D eigenvalue weighted by atomic mass is 32.2. The van der Waals surface area contributed by atoms with Gasteiger partial charge in [0.2, 0.25) is 5.91 Å². The molecule has 0 unspecified atom stereocenters. The quantitative estimate of drug-likeness (QED) is 0.591. The van der Waals surface area contributed by atoms with E-state index in [0.29, 0.717) is 10.6 Å². The molecule has 2 amide bonds. The summed E-state index contributed by atoms with van der Waals surface area (Å²) in [6, 6.07) is 16.7. The van der Waals surface area contributed by atoms with Crippen LogP contribution in [-0.2, 0) is 11.2 Å². The molecule has 2 aromatic carbocycles. The van der Waals surface area contributed by atoms with Crippen LogP contribution >= 0.6 is 11.8 Å². The summed E-state index contributed by atoms with van der Waals surface area (Å²) >= 11 is 1.43. The molecule has 0 spiro atoms. The molecule has 2 N–H and O–H groups in total. The monoisotopic (exact) mass is 421 g/mol. The van der Waals surface area contributed by atoms with Gasteiger partial charge in [-0.05, 0) is 60.9 Å². The highest BCUT2D eigenvalue weighted by Gasteiger charge is 2.15. The molecular formula is C23H23N3O3S. The molecule has 0 aliphatic heterocycles. The number of rotatable bonds is 6. The Balaban J connectivity index is 1.64. The molecule has 0 aliphatic carbocycles. The van der Waals surface area contributed by atoms with Crippen LogP contribution in [0.4, 0.5) is 0 Å². The maximum Gasteiger partial charge on any atom is 0.272 e. The number of nitrogens with one attached hydrogen (secondary N) is 2. The number of hydrazine groups is 1. The number of benzene rings is 2. The normalized spacial score (nSPS) is 10.4. The van der Waals surface area contributed by atoms with E-state index in [1.54, 1.807) is 49.7 Å². The number of aromatic nitrogens is 1. The van der Waals surface area contributed by atoms with Crippen molar-refractivity contribution in [2.24, 2.45) is 0 Å². The van der Waals surface area contributed by atoms with E-state index in [-0.39, 0.29) is 12.3 Å². The Morgan fingerprint density at radius 1 is 1.03 bits per heavy atom. The Hall–Kier alpha value is -3.32. The number of nitrogens with zero attached hydrogens (tertiary/aromatic N) is 1. The molecule has 0 fully saturated rings. The molecule has 0 saturated heterocycles. The van der Waals surface area contributed by atoms with Crippen molar-refractivity contribution in [3.8, 4) is 5.75 Å². The standard InChI is InChI=1S/C23H23N3O3S/c1-15-6-7-16(2)20(13-15)30-23-19(5-4-12-24-23)22(28)26-25-21(27)14-17-8-10-18(29-3)11-9-17/h4-13H,14H2,1-3H3,(H,25,27)(H,26,28). The number of hydrogen-bond donors (Lipinski definition) is 2. The number of carbonyl (C=O) groups is 2. The first-order chi connectivity index (χ1) is 14.5. The summed E-state index contributed by atoms with van der Waals surface area (Å²) in [6.07, 6.45) is 1.79. The van der Waals surface area contributed by atoms with Crippen molar-refractivity contribution in [1.82, 2.24) is 15.8 Å². The Morgan fingerprint density at radius 2 is 1.80 bits per heavy atom. The van der Waals surface area contributed by atoms with Crippen molar-refractivity contribution in [3.05, 3.63) is 83.0 Å². The average molecular weight is 422 g/mol. The van der Waals surface area contributed by atoms with E-state index in [1.807, 2.05) is 26.0 Å². The maximum atomic E-state index is 12.7. The Kier molecular flexibility index (Phi) is 7.08. The van der Waals surface area contributed by atoms with Crippen molar-refractivity contribution < 1.29 is 14.3 Å². The number of hydrogen-bond acceptors (Lipinski definition) is 5. The van der Waals surface area contributed by atoms with Gasteiger partial charge in [-0.2, -0.15) is 0 Å². The molecule has 6 nitrogen and oxygen atoms in total. The fourth-order valence-corrected chi connectivity index (χ4v) is 3.80. The molecule has 0 aliphatic rings. The molecule has 3 aromatic rings. The van der Waals surface area contributed by atoms with Crippen molar-refractivity contribution in [3.63, 3.8) is 0 Å². The minimum atomic E-state index is -0.418. The second-order valence-corrected chi connectivity index (χ2v) is 7.78. The molecule has 0 saturated carbocycles. The largest absolute Gasteiger partial charge is 0.497 e. The number of pyridine rings is 1. The predicted octanol–water partition coefficient (Wildman–Crippen LogP) is 3.86. The number of amides is 2. The van der Waals surface area contributed by atoms with Gasteiger partial charge in [-0.15, -0.1) is 0 Å². The predicted molar refractivity (Wildman–Crippen MR) is 117 cm³/mol. The van der Waals surface area contributed by atoms with Crippen LogP contribution in [0.5, 0.6) is 5.75 Å². The van der Waals surface area contributed by atoms with Crippen molar-refractivity contribution >= 4 is 23.6 Å². The summed E-state index contributed by atoms with van der Waals surface area (Å²) in [5, 5.41) is 0.577. The zero-order chi connectivity index (χ0) is 21.5. The summed E-state index contributed by atoms with van der Waals surface area (Å²) < 4.78 is 5.10. The van der Waals surface area contributed by atoms with Gasteiger partial charge in [0.25, 0.3) is 5.91 Å². The second-order valence-electron chi connectivity index (χ2n) is 6.75. The van der Waals surface area contributed by atoms with Crippen LogP contribution in [0.1, 0.15) is 27.0 Å². The lowest BCUT2D eigenvalue weighted by Crippen LogP contribution is -2.42. The van der Waals surface area contributed by atoms with E-state index >= 15 is 0 Å². The molecule has 1 aromatic heterocycles. The first-order valence-electron chi connectivity index (χ1n) is 9.38. The lowest BCUT2D eigenvalue weighted by Gasteiger charge is -2.11. The molecule has 0 radical (unpaired) electrons. The van der Waals surface area contributed by atoms with Gasteiger partial charge >= 0.3 is 0 Å². The fourth-order valence-electron chi connectivity index (χ4n) is 2.73. The third-order valence-corrected chi connectivity index (χ3v) is 5.58.